The first-order chi connectivity index (χ1) is 11.3. The van der Waals surface area contributed by atoms with Gasteiger partial charge in [-0.15, -0.1) is 0 Å². The van der Waals surface area contributed by atoms with E-state index in [2.05, 4.69) is 78.7 Å². The molecule has 0 spiro atoms. The molecule has 2 heterocycles. The van der Waals surface area contributed by atoms with Gasteiger partial charge >= 0.3 is 0 Å². The van der Waals surface area contributed by atoms with Gasteiger partial charge in [-0.25, -0.2) is 0 Å². The Kier molecular flexibility index (Phi) is 3.68. The highest BCUT2D eigenvalue weighted by Crippen LogP contribution is 2.32. The summed E-state index contributed by atoms with van der Waals surface area (Å²) < 4.78 is 0. The summed E-state index contributed by atoms with van der Waals surface area (Å²) in [5.74, 6) is 0. The Bertz CT molecular complexity index is 810. The average Bonchev–Trinajstić information content (AvgIpc) is 2.62. The lowest BCUT2D eigenvalue weighted by Crippen LogP contribution is -2.28. The van der Waals surface area contributed by atoms with E-state index >= 15 is 0 Å². The Hall–Kier alpha value is -2.45. The van der Waals surface area contributed by atoms with Crippen LogP contribution in [0.25, 0.3) is 22.4 Å². The highest BCUT2D eigenvalue weighted by Gasteiger charge is 2.20. The number of likely N-dealkylation sites (N-methyl/N-ethyl adjacent to an activating group) is 1. The van der Waals surface area contributed by atoms with Crippen LogP contribution in [0.15, 0.2) is 66.7 Å². The Labute approximate surface area is 137 Å². The lowest BCUT2D eigenvalue weighted by atomic mass is 9.93. The van der Waals surface area contributed by atoms with Crippen LogP contribution in [0.4, 0.5) is 0 Å². The first kappa shape index (κ1) is 14.2. The van der Waals surface area contributed by atoms with Crippen LogP contribution in [0.1, 0.15) is 11.3 Å². The van der Waals surface area contributed by atoms with Crippen LogP contribution in [-0.4, -0.2) is 23.5 Å². The van der Waals surface area contributed by atoms with Gasteiger partial charge < -0.3 is 4.90 Å². The quantitative estimate of drug-likeness (QED) is 0.697. The van der Waals surface area contributed by atoms with Crippen LogP contribution in [0.3, 0.4) is 0 Å². The summed E-state index contributed by atoms with van der Waals surface area (Å²) in [5, 5.41) is 0. The summed E-state index contributed by atoms with van der Waals surface area (Å²) in [4.78, 5) is 7.35. The molecule has 2 heteroatoms. The predicted octanol–water partition coefficient (Wildman–Crippen LogP) is 4.40. The van der Waals surface area contributed by atoms with Gasteiger partial charge in [-0.05, 0) is 29.8 Å². The molecule has 0 amide bonds. The van der Waals surface area contributed by atoms with Crippen LogP contribution in [0, 0.1) is 0 Å². The van der Waals surface area contributed by atoms with E-state index in [4.69, 9.17) is 4.98 Å². The third kappa shape index (κ3) is 2.78. The second-order valence-corrected chi connectivity index (χ2v) is 6.20. The van der Waals surface area contributed by atoms with E-state index in [0.29, 0.717) is 0 Å². The van der Waals surface area contributed by atoms with Gasteiger partial charge in [0.15, 0.2) is 0 Å². The summed E-state index contributed by atoms with van der Waals surface area (Å²) in [6.07, 6.45) is 1.02. The maximum Gasteiger partial charge on any atom is 0.0711 e. The average molecular weight is 300 g/mol. The van der Waals surface area contributed by atoms with E-state index in [9.17, 15) is 0 Å². The van der Waals surface area contributed by atoms with Gasteiger partial charge in [0.25, 0.3) is 0 Å². The topological polar surface area (TPSA) is 16.1 Å². The fraction of sp³-hybridized carbons (Fsp3) is 0.190. The number of hydrogen-bond acceptors (Lipinski definition) is 2. The maximum absolute atomic E-state index is 4.98. The molecule has 0 unspecified atom stereocenters. The highest BCUT2D eigenvalue weighted by atomic mass is 15.1. The Morgan fingerprint density at radius 2 is 1.52 bits per heavy atom. The Balaban J connectivity index is 1.92. The molecule has 0 N–H and O–H groups in total. The summed E-state index contributed by atoms with van der Waals surface area (Å²) in [6, 6.07) is 23.4. The third-order valence-electron chi connectivity index (χ3n) is 4.52. The van der Waals surface area contributed by atoms with Crippen molar-refractivity contribution in [2.75, 3.05) is 13.6 Å². The van der Waals surface area contributed by atoms with Crippen molar-refractivity contribution in [3.8, 4) is 22.4 Å². The number of hydrogen-bond donors (Lipinski definition) is 0. The van der Waals surface area contributed by atoms with Gasteiger partial charge in [0.2, 0.25) is 0 Å². The van der Waals surface area contributed by atoms with Gasteiger partial charge in [0.1, 0.15) is 0 Å². The molecule has 1 aromatic heterocycles. The lowest BCUT2D eigenvalue weighted by molar-refractivity contribution is 0.310. The van der Waals surface area contributed by atoms with Gasteiger partial charge in [0.05, 0.1) is 5.69 Å². The second-order valence-electron chi connectivity index (χ2n) is 6.20. The summed E-state index contributed by atoms with van der Waals surface area (Å²) in [6.45, 7) is 2.05. The zero-order chi connectivity index (χ0) is 15.6. The van der Waals surface area contributed by atoms with Crippen LogP contribution in [-0.2, 0) is 13.0 Å². The van der Waals surface area contributed by atoms with E-state index in [1.807, 2.05) is 0 Å². The highest BCUT2D eigenvalue weighted by molar-refractivity contribution is 5.74. The molecule has 0 saturated carbocycles. The molecule has 0 fully saturated rings. The smallest absolute Gasteiger partial charge is 0.0711 e. The zero-order valence-electron chi connectivity index (χ0n) is 13.4. The second kappa shape index (κ2) is 5.98. The van der Waals surface area contributed by atoms with Crippen LogP contribution in [0.2, 0.25) is 0 Å². The van der Waals surface area contributed by atoms with Crippen molar-refractivity contribution in [2.24, 2.45) is 0 Å². The fourth-order valence-electron chi connectivity index (χ4n) is 3.29. The SMILES string of the molecule is CN1CCc2nc(-c3ccccc3)cc(-c3ccccc3)c2C1. The molecular weight excluding hydrogens is 280 g/mol. The van der Waals surface area contributed by atoms with E-state index in [1.54, 1.807) is 0 Å². The number of pyridine rings is 1. The Morgan fingerprint density at radius 1 is 0.870 bits per heavy atom. The van der Waals surface area contributed by atoms with Gasteiger partial charge in [0, 0.05) is 30.8 Å². The molecule has 23 heavy (non-hydrogen) atoms. The molecule has 114 valence electrons. The predicted molar refractivity (Wildman–Crippen MR) is 95.1 cm³/mol. The van der Waals surface area contributed by atoms with Crippen molar-refractivity contribution in [2.45, 2.75) is 13.0 Å². The van der Waals surface area contributed by atoms with E-state index in [1.165, 1.54) is 27.9 Å². The minimum atomic E-state index is 0.974. The number of nitrogens with zero attached hydrogens (tertiary/aromatic N) is 2. The minimum Gasteiger partial charge on any atom is -0.302 e. The zero-order valence-corrected chi connectivity index (χ0v) is 13.4. The molecule has 3 aromatic rings. The molecule has 0 atom stereocenters. The fourth-order valence-corrected chi connectivity index (χ4v) is 3.29. The third-order valence-corrected chi connectivity index (χ3v) is 4.52. The number of fused-ring (bicyclic) bond motifs is 1. The largest absolute Gasteiger partial charge is 0.302 e. The molecule has 0 saturated heterocycles. The van der Waals surface area contributed by atoms with Crippen molar-refractivity contribution < 1.29 is 0 Å². The van der Waals surface area contributed by atoms with Gasteiger partial charge in [-0.2, -0.15) is 0 Å². The molecular formula is C21H20N2. The van der Waals surface area contributed by atoms with Crippen molar-refractivity contribution in [3.63, 3.8) is 0 Å². The van der Waals surface area contributed by atoms with Gasteiger partial charge in [-0.1, -0.05) is 60.7 Å². The molecule has 4 rings (SSSR count). The summed E-state index contributed by atoms with van der Waals surface area (Å²) >= 11 is 0. The molecule has 2 nitrogen and oxygen atoms in total. The standard InChI is InChI=1S/C21H20N2/c1-23-13-12-20-19(15-23)18(16-8-4-2-5-9-16)14-21(22-20)17-10-6-3-7-11-17/h2-11,14H,12-13,15H2,1H3. The first-order valence-electron chi connectivity index (χ1n) is 8.13. The van der Waals surface area contributed by atoms with Gasteiger partial charge in [-0.3, -0.25) is 4.98 Å². The van der Waals surface area contributed by atoms with E-state index in [-0.39, 0.29) is 0 Å². The van der Waals surface area contributed by atoms with Crippen LogP contribution in [0.5, 0.6) is 0 Å². The molecule has 0 aliphatic carbocycles. The van der Waals surface area contributed by atoms with Crippen molar-refractivity contribution in [1.82, 2.24) is 9.88 Å². The molecule has 1 aliphatic heterocycles. The van der Waals surface area contributed by atoms with Crippen molar-refractivity contribution >= 4 is 0 Å². The van der Waals surface area contributed by atoms with Crippen molar-refractivity contribution in [1.29, 1.82) is 0 Å². The van der Waals surface area contributed by atoms with E-state index in [0.717, 1.165) is 25.2 Å². The molecule has 0 bridgehead atoms. The van der Waals surface area contributed by atoms with Crippen LogP contribution < -0.4 is 0 Å². The first-order valence-corrected chi connectivity index (χ1v) is 8.13. The van der Waals surface area contributed by atoms with Crippen LogP contribution >= 0.6 is 0 Å². The molecule has 1 aliphatic rings. The van der Waals surface area contributed by atoms with Crippen molar-refractivity contribution in [3.05, 3.63) is 78.0 Å². The number of benzene rings is 2. The molecule has 0 radical (unpaired) electrons. The molecule has 2 aromatic carbocycles. The summed E-state index contributed by atoms with van der Waals surface area (Å²) in [5.41, 5.74) is 7.49. The minimum absolute atomic E-state index is 0.974. The summed E-state index contributed by atoms with van der Waals surface area (Å²) in [7, 11) is 2.18. The Morgan fingerprint density at radius 3 is 2.22 bits per heavy atom. The normalized spacial score (nSPS) is 14.5. The maximum atomic E-state index is 4.98. The lowest BCUT2D eigenvalue weighted by Gasteiger charge is -2.27. The number of rotatable bonds is 2. The monoisotopic (exact) mass is 300 g/mol. The number of aromatic nitrogens is 1. The van der Waals surface area contributed by atoms with E-state index < -0.39 is 0 Å².